The number of rotatable bonds is 4. The lowest BCUT2D eigenvalue weighted by Gasteiger charge is -2.28. The molecule has 2 rings (SSSR count). The van der Waals surface area contributed by atoms with Crippen LogP contribution >= 0.6 is 0 Å². The van der Waals surface area contributed by atoms with E-state index in [9.17, 15) is 8.42 Å². The van der Waals surface area contributed by atoms with E-state index in [1.54, 1.807) is 13.1 Å². The van der Waals surface area contributed by atoms with Crippen molar-refractivity contribution >= 4 is 15.7 Å². The third-order valence-corrected chi connectivity index (χ3v) is 6.17. The van der Waals surface area contributed by atoms with Crippen molar-refractivity contribution in [2.45, 2.75) is 44.6 Å². The predicted octanol–water partition coefficient (Wildman–Crippen LogP) is 2.71. The van der Waals surface area contributed by atoms with Crippen LogP contribution in [-0.4, -0.2) is 32.4 Å². The summed E-state index contributed by atoms with van der Waals surface area (Å²) in [4.78, 5) is 0.398. The van der Waals surface area contributed by atoms with Crippen molar-refractivity contribution in [1.29, 1.82) is 0 Å². The van der Waals surface area contributed by atoms with Gasteiger partial charge in [-0.15, -0.1) is 0 Å². The molecule has 0 aromatic heterocycles. The van der Waals surface area contributed by atoms with Crippen molar-refractivity contribution in [3.8, 4) is 0 Å². The van der Waals surface area contributed by atoms with E-state index in [0.717, 1.165) is 30.6 Å². The molecule has 0 spiro atoms. The standard InChI is InChI=1S/C15H24N2O2S/c1-11(2)12(3)17(4)20(18,19)14-7-8-15-13(10-14)6-5-9-16-15/h7-8,10-12,16H,5-6,9H2,1-4H3. The monoisotopic (exact) mass is 296 g/mol. The van der Waals surface area contributed by atoms with Gasteiger partial charge >= 0.3 is 0 Å². The lowest BCUT2D eigenvalue weighted by atomic mass is 10.0. The average molecular weight is 296 g/mol. The summed E-state index contributed by atoms with van der Waals surface area (Å²) in [6.07, 6.45) is 1.99. The summed E-state index contributed by atoms with van der Waals surface area (Å²) in [6.45, 7) is 6.98. The fraction of sp³-hybridized carbons (Fsp3) is 0.600. The maximum absolute atomic E-state index is 12.7. The Morgan fingerprint density at radius 2 is 1.95 bits per heavy atom. The highest BCUT2D eigenvalue weighted by atomic mass is 32.2. The van der Waals surface area contributed by atoms with E-state index in [1.165, 1.54) is 4.31 Å². The number of aryl methyl sites for hydroxylation is 1. The van der Waals surface area contributed by atoms with Crippen molar-refractivity contribution in [2.24, 2.45) is 5.92 Å². The minimum atomic E-state index is -3.41. The Kier molecular flexibility index (Phi) is 4.39. The van der Waals surface area contributed by atoms with E-state index in [0.29, 0.717) is 4.90 Å². The van der Waals surface area contributed by atoms with Crippen LogP contribution in [0, 0.1) is 5.92 Å². The number of sulfonamides is 1. The smallest absolute Gasteiger partial charge is 0.243 e. The summed E-state index contributed by atoms with van der Waals surface area (Å²) >= 11 is 0. The van der Waals surface area contributed by atoms with Gasteiger partial charge in [0.1, 0.15) is 0 Å². The molecule has 0 bridgehead atoms. The van der Waals surface area contributed by atoms with Crippen LogP contribution in [-0.2, 0) is 16.4 Å². The fourth-order valence-corrected chi connectivity index (χ4v) is 3.96. The van der Waals surface area contributed by atoms with Crippen molar-refractivity contribution in [3.05, 3.63) is 23.8 Å². The first-order valence-corrected chi connectivity index (χ1v) is 8.63. The second-order valence-corrected chi connectivity index (χ2v) is 7.85. The predicted molar refractivity (Wildman–Crippen MR) is 82.5 cm³/mol. The number of fused-ring (bicyclic) bond motifs is 1. The zero-order chi connectivity index (χ0) is 14.9. The summed E-state index contributed by atoms with van der Waals surface area (Å²) in [5.74, 6) is 0.286. The number of hydrogen-bond donors (Lipinski definition) is 1. The van der Waals surface area contributed by atoms with E-state index in [-0.39, 0.29) is 12.0 Å². The minimum Gasteiger partial charge on any atom is -0.385 e. The topological polar surface area (TPSA) is 49.4 Å². The van der Waals surface area contributed by atoms with Crippen LogP contribution in [0.15, 0.2) is 23.1 Å². The Balaban J connectivity index is 2.34. The van der Waals surface area contributed by atoms with Crippen LogP contribution in [0.4, 0.5) is 5.69 Å². The first kappa shape index (κ1) is 15.3. The normalized spacial score (nSPS) is 16.9. The molecule has 1 heterocycles. The summed E-state index contributed by atoms with van der Waals surface area (Å²) in [7, 11) is -1.75. The van der Waals surface area contributed by atoms with Gasteiger partial charge in [0.2, 0.25) is 10.0 Å². The summed E-state index contributed by atoms with van der Waals surface area (Å²) in [5.41, 5.74) is 2.16. The maximum atomic E-state index is 12.7. The third-order valence-electron chi connectivity index (χ3n) is 4.23. The van der Waals surface area contributed by atoms with Crippen molar-refractivity contribution in [3.63, 3.8) is 0 Å². The van der Waals surface area contributed by atoms with Crippen LogP contribution in [0.25, 0.3) is 0 Å². The second-order valence-electron chi connectivity index (χ2n) is 5.86. The molecule has 0 saturated heterocycles. The van der Waals surface area contributed by atoms with Crippen LogP contribution < -0.4 is 5.32 Å². The molecule has 0 amide bonds. The number of benzene rings is 1. The van der Waals surface area contributed by atoms with Gasteiger partial charge in [-0.3, -0.25) is 0 Å². The molecule has 0 fully saturated rings. The molecular weight excluding hydrogens is 272 g/mol. The molecule has 112 valence electrons. The Morgan fingerprint density at radius 1 is 1.25 bits per heavy atom. The van der Waals surface area contributed by atoms with E-state index >= 15 is 0 Å². The van der Waals surface area contributed by atoms with Gasteiger partial charge in [0.25, 0.3) is 0 Å². The molecule has 1 aliphatic rings. The van der Waals surface area contributed by atoms with Gasteiger partial charge in [0.15, 0.2) is 0 Å². The molecule has 0 saturated carbocycles. The van der Waals surface area contributed by atoms with Crippen LogP contribution in [0.5, 0.6) is 0 Å². The number of anilines is 1. The Morgan fingerprint density at radius 3 is 2.60 bits per heavy atom. The van der Waals surface area contributed by atoms with Gasteiger partial charge in [0.05, 0.1) is 4.90 Å². The van der Waals surface area contributed by atoms with Crippen LogP contribution in [0.2, 0.25) is 0 Å². The summed E-state index contributed by atoms with van der Waals surface area (Å²) in [6, 6.07) is 5.39. The van der Waals surface area contributed by atoms with Gasteiger partial charge in [-0.05, 0) is 49.4 Å². The van der Waals surface area contributed by atoms with E-state index in [4.69, 9.17) is 0 Å². The molecule has 0 radical (unpaired) electrons. The Hall–Kier alpha value is -1.07. The SMILES string of the molecule is CC(C)C(C)N(C)S(=O)(=O)c1ccc2c(c1)CCCN2. The molecule has 5 heteroatoms. The Bertz CT molecular complexity index is 582. The second kappa shape index (κ2) is 5.74. The third kappa shape index (κ3) is 2.83. The molecule has 1 aliphatic heterocycles. The summed E-state index contributed by atoms with van der Waals surface area (Å²) < 4.78 is 26.8. The van der Waals surface area contributed by atoms with Crippen molar-refractivity contribution in [1.82, 2.24) is 4.31 Å². The highest BCUT2D eigenvalue weighted by molar-refractivity contribution is 7.89. The molecule has 20 heavy (non-hydrogen) atoms. The number of hydrogen-bond acceptors (Lipinski definition) is 3. The van der Waals surface area contributed by atoms with Crippen molar-refractivity contribution < 1.29 is 8.42 Å². The highest BCUT2D eigenvalue weighted by Crippen LogP contribution is 2.27. The van der Waals surface area contributed by atoms with E-state index < -0.39 is 10.0 Å². The molecular formula is C15H24N2O2S. The first-order chi connectivity index (χ1) is 9.34. The van der Waals surface area contributed by atoms with Gasteiger partial charge < -0.3 is 5.32 Å². The molecule has 4 nitrogen and oxygen atoms in total. The largest absolute Gasteiger partial charge is 0.385 e. The van der Waals surface area contributed by atoms with Crippen LogP contribution in [0.1, 0.15) is 32.8 Å². The van der Waals surface area contributed by atoms with Gasteiger partial charge in [-0.1, -0.05) is 13.8 Å². The molecule has 1 aromatic carbocycles. The van der Waals surface area contributed by atoms with Crippen LogP contribution in [0.3, 0.4) is 0 Å². The van der Waals surface area contributed by atoms with E-state index in [1.807, 2.05) is 32.9 Å². The quantitative estimate of drug-likeness (QED) is 0.929. The Labute approximate surface area is 122 Å². The minimum absolute atomic E-state index is 0.0193. The molecule has 1 unspecified atom stereocenters. The van der Waals surface area contributed by atoms with Gasteiger partial charge in [0, 0.05) is 25.3 Å². The highest BCUT2D eigenvalue weighted by Gasteiger charge is 2.27. The number of nitrogens with zero attached hydrogens (tertiary/aromatic N) is 1. The van der Waals surface area contributed by atoms with Crippen molar-refractivity contribution in [2.75, 3.05) is 18.9 Å². The summed E-state index contributed by atoms with van der Waals surface area (Å²) in [5, 5.41) is 3.30. The number of nitrogens with one attached hydrogen (secondary N) is 1. The molecule has 1 N–H and O–H groups in total. The lowest BCUT2D eigenvalue weighted by molar-refractivity contribution is 0.316. The molecule has 0 aliphatic carbocycles. The molecule has 1 aromatic rings. The first-order valence-electron chi connectivity index (χ1n) is 7.19. The maximum Gasteiger partial charge on any atom is 0.243 e. The zero-order valence-corrected chi connectivity index (χ0v) is 13.5. The fourth-order valence-electron chi connectivity index (χ4n) is 2.42. The average Bonchev–Trinajstić information content (AvgIpc) is 2.44. The van der Waals surface area contributed by atoms with Gasteiger partial charge in [-0.2, -0.15) is 4.31 Å². The van der Waals surface area contributed by atoms with Gasteiger partial charge in [-0.25, -0.2) is 8.42 Å². The zero-order valence-electron chi connectivity index (χ0n) is 12.7. The lowest BCUT2D eigenvalue weighted by Crippen LogP contribution is -2.38. The van der Waals surface area contributed by atoms with E-state index in [2.05, 4.69) is 5.32 Å². The molecule has 1 atom stereocenters.